The molecule has 5 heteroatoms. The minimum atomic E-state index is -0.527. The smallest absolute Gasteiger partial charge is 0.336 e. The Kier molecular flexibility index (Phi) is 5.67. The number of aryl methyl sites for hydroxylation is 2. The molecule has 0 N–H and O–H groups in total. The van der Waals surface area contributed by atoms with Crippen LogP contribution in [0.4, 0.5) is 0 Å². The first kappa shape index (κ1) is 20.2. The summed E-state index contributed by atoms with van der Waals surface area (Å²) in [5.41, 5.74) is 2.83. The molecule has 1 heterocycles. The summed E-state index contributed by atoms with van der Waals surface area (Å²) in [6.45, 7) is 3.86. The molecule has 5 nitrogen and oxygen atoms in total. The summed E-state index contributed by atoms with van der Waals surface area (Å²) in [4.78, 5) is 24.9. The van der Waals surface area contributed by atoms with Crippen molar-refractivity contribution >= 4 is 23.0 Å². The lowest BCUT2D eigenvalue weighted by Crippen LogP contribution is -2.07. The molecule has 0 amide bonds. The minimum Gasteiger partial charge on any atom is -0.460 e. The number of hydrogen-bond donors (Lipinski definition) is 0. The molecule has 4 rings (SSSR count). The van der Waals surface area contributed by atoms with Crippen LogP contribution in [0.3, 0.4) is 0 Å². The molecule has 0 aliphatic carbocycles. The molecule has 0 atom stereocenters. The number of carbonyl (C=O) groups is 1. The van der Waals surface area contributed by atoms with Gasteiger partial charge in [0, 0.05) is 12.1 Å². The Morgan fingerprint density at radius 1 is 0.935 bits per heavy atom. The van der Waals surface area contributed by atoms with Crippen molar-refractivity contribution in [3.63, 3.8) is 0 Å². The van der Waals surface area contributed by atoms with Gasteiger partial charge in [0.2, 0.25) is 11.2 Å². The largest absolute Gasteiger partial charge is 0.460 e. The Hall–Kier alpha value is -4.12. The van der Waals surface area contributed by atoms with Crippen molar-refractivity contribution < 1.29 is 18.7 Å². The topological polar surface area (TPSA) is 65.7 Å². The first-order valence-corrected chi connectivity index (χ1v) is 9.75. The molecule has 0 aliphatic rings. The molecule has 1 aromatic heterocycles. The van der Waals surface area contributed by atoms with Crippen LogP contribution < -0.4 is 14.9 Å². The first-order valence-electron chi connectivity index (χ1n) is 9.75. The second-order valence-corrected chi connectivity index (χ2v) is 7.12. The van der Waals surface area contributed by atoms with Crippen LogP contribution in [0.25, 0.3) is 17.0 Å². The van der Waals surface area contributed by atoms with Gasteiger partial charge in [0.05, 0.1) is 5.39 Å². The van der Waals surface area contributed by atoms with Gasteiger partial charge in [-0.2, -0.15) is 0 Å². The molecule has 0 aliphatic heterocycles. The summed E-state index contributed by atoms with van der Waals surface area (Å²) < 4.78 is 16.7. The molecule has 3 aromatic carbocycles. The van der Waals surface area contributed by atoms with E-state index in [0.717, 1.165) is 16.7 Å². The van der Waals surface area contributed by atoms with Crippen molar-refractivity contribution in [1.29, 1.82) is 0 Å². The SMILES string of the molecule is Cc1ccc(C)c(Oc2coc3cc(OC(=O)/C=C/c4ccccc4)ccc3c2=O)c1. The number of hydrogen-bond acceptors (Lipinski definition) is 5. The third kappa shape index (κ3) is 4.73. The molecule has 0 saturated carbocycles. The van der Waals surface area contributed by atoms with Gasteiger partial charge >= 0.3 is 5.97 Å². The summed E-state index contributed by atoms with van der Waals surface area (Å²) in [5.74, 6) is 0.445. The molecule has 0 saturated heterocycles. The van der Waals surface area contributed by atoms with Crippen LogP contribution in [-0.2, 0) is 4.79 Å². The number of fused-ring (bicyclic) bond motifs is 1. The zero-order chi connectivity index (χ0) is 21.8. The normalized spacial score (nSPS) is 11.0. The van der Waals surface area contributed by atoms with Gasteiger partial charge in [-0.3, -0.25) is 4.79 Å². The van der Waals surface area contributed by atoms with E-state index in [1.807, 2.05) is 62.4 Å². The average Bonchev–Trinajstić information content (AvgIpc) is 2.77. The van der Waals surface area contributed by atoms with E-state index in [1.165, 1.54) is 18.4 Å². The van der Waals surface area contributed by atoms with E-state index in [9.17, 15) is 9.59 Å². The van der Waals surface area contributed by atoms with Gasteiger partial charge in [0.15, 0.2) is 0 Å². The van der Waals surface area contributed by atoms with Crippen molar-refractivity contribution in [3.05, 3.63) is 106 Å². The van der Waals surface area contributed by atoms with Crippen LogP contribution in [0.5, 0.6) is 17.2 Å². The number of esters is 1. The van der Waals surface area contributed by atoms with Gasteiger partial charge in [-0.1, -0.05) is 42.5 Å². The Morgan fingerprint density at radius 3 is 2.55 bits per heavy atom. The molecule has 0 unspecified atom stereocenters. The van der Waals surface area contributed by atoms with E-state index in [-0.39, 0.29) is 16.9 Å². The Bertz CT molecular complexity index is 1330. The zero-order valence-electron chi connectivity index (χ0n) is 17.1. The molecule has 0 fully saturated rings. The standard InChI is InChI=1S/C26H20O5/c1-17-8-9-18(2)22(14-17)31-24-16-29-23-15-20(11-12-21(23)26(24)28)30-25(27)13-10-19-6-4-3-5-7-19/h3-16H,1-2H3/b13-10+. The Balaban J connectivity index is 1.54. The molecule has 154 valence electrons. The van der Waals surface area contributed by atoms with Crippen molar-refractivity contribution in [2.24, 2.45) is 0 Å². The zero-order valence-corrected chi connectivity index (χ0v) is 17.1. The number of benzene rings is 3. The summed E-state index contributed by atoms with van der Waals surface area (Å²) in [6, 6.07) is 19.8. The molecular formula is C26H20O5. The molecular weight excluding hydrogens is 392 g/mol. The Labute approximate surface area is 179 Å². The molecule has 0 spiro atoms. The summed E-state index contributed by atoms with van der Waals surface area (Å²) in [5, 5.41) is 0.336. The van der Waals surface area contributed by atoms with Gasteiger partial charge in [0.1, 0.15) is 23.3 Å². The van der Waals surface area contributed by atoms with Crippen LogP contribution in [0, 0.1) is 13.8 Å². The molecule has 4 aromatic rings. The van der Waals surface area contributed by atoms with Crippen LogP contribution >= 0.6 is 0 Å². The summed E-state index contributed by atoms with van der Waals surface area (Å²) in [6.07, 6.45) is 4.28. The van der Waals surface area contributed by atoms with Crippen LogP contribution in [-0.4, -0.2) is 5.97 Å². The predicted molar refractivity (Wildman–Crippen MR) is 120 cm³/mol. The molecule has 0 bridgehead atoms. The Morgan fingerprint density at radius 2 is 1.74 bits per heavy atom. The summed E-state index contributed by atoms with van der Waals surface area (Å²) >= 11 is 0. The lowest BCUT2D eigenvalue weighted by Gasteiger charge is -2.09. The highest BCUT2D eigenvalue weighted by molar-refractivity contribution is 5.89. The third-order valence-corrected chi connectivity index (χ3v) is 4.71. The quantitative estimate of drug-likeness (QED) is 0.235. The third-order valence-electron chi connectivity index (χ3n) is 4.71. The maximum Gasteiger partial charge on any atom is 0.336 e. The van der Waals surface area contributed by atoms with Gasteiger partial charge in [-0.15, -0.1) is 0 Å². The van der Waals surface area contributed by atoms with E-state index in [4.69, 9.17) is 13.9 Å². The highest BCUT2D eigenvalue weighted by Gasteiger charge is 2.12. The number of carbonyl (C=O) groups excluding carboxylic acids is 1. The second kappa shape index (κ2) is 8.71. The van der Waals surface area contributed by atoms with E-state index < -0.39 is 5.97 Å². The fraction of sp³-hybridized carbons (Fsp3) is 0.0769. The van der Waals surface area contributed by atoms with Crippen molar-refractivity contribution in [2.75, 3.05) is 0 Å². The molecule has 0 radical (unpaired) electrons. The van der Waals surface area contributed by atoms with E-state index in [2.05, 4.69) is 0 Å². The molecule has 31 heavy (non-hydrogen) atoms. The monoisotopic (exact) mass is 412 g/mol. The lowest BCUT2D eigenvalue weighted by molar-refractivity contribution is -0.128. The van der Waals surface area contributed by atoms with Crippen LogP contribution in [0.15, 0.2) is 88.3 Å². The fourth-order valence-corrected chi connectivity index (χ4v) is 3.04. The first-order chi connectivity index (χ1) is 15.0. The highest BCUT2D eigenvalue weighted by Crippen LogP contribution is 2.27. The second-order valence-electron chi connectivity index (χ2n) is 7.12. The van der Waals surface area contributed by atoms with Crippen molar-refractivity contribution in [1.82, 2.24) is 0 Å². The average molecular weight is 412 g/mol. The fourth-order valence-electron chi connectivity index (χ4n) is 3.04. The number of ether oxygens (including phenoxy) is 2. The highest BCUT2D eigenvalue weighted by atomic mass is 16.5. The lowest BCUT2D eigenvalue weighted by atomic mass is 10.1. The van der Waals surface area contributed by atoms with Gasteiger partial charge in [-0.05, 0) is 54.8 Å². The maximum atomic E-state index is 12.8. The van der Waals surface area contributed by atoms with Gasteiger partial charge in [0.25, 0.3) is 0 Å². The number of rotatable bonds is 5. The van der Waals surface area contributed by atoms with Crippen molar-refractivity contribution in [3.8, 4) is 17.2 Å². The maximum absolute atomic E-state index is 12.8. The minimum absolute atomic E-state index is 0.0942. The van der Waals surface area contributed by atoms with E-state index >= 15 is 0 Å². The predicted octanol–water partition coefficient (Wildman–Crippen LogP) is 5.82. The summed E-state index contributed by atoms with van der Waals surface area (Å²) in [7, 11) is 0. The van der Waals surface area contributed by atoms with Gasteiger partial charge in [-0.25, -0.2) is 4.79 Å². The van der Waals surface area contributed by atoms with E-state index in [1.54, 1.807) is 18.2 Å². The van der Waals surface area contributed by atoms with E-state index in [0.29, 0.717) is 16.7 Å². The van der Waals surface area contributed by atoms with Crippen LogP contribution in [0.2, 0.25) is 0 Å². The van der Waals surface area contributed by atoms with Gasteiger partial charge < -0.3 is 13.9 Å². The van der Waals surface area contributed by atoms with Crippen molar-refractivity contribution in [2.45, 2.75) is 13.8 Å². The van der Waals surface area contributed by atoms with Crippen LogP contribution in [0.1, 0.15) is 16.7 Å².